The normalized spacial score (nSPS) is 10.2. The van der Waals surface area contributed by atoms with Gasteiger partial charge in [0, 0.05) is 32.5 Å². The van der Waals surface area contributed by atoms with E-state index in [1.54, 1.807) is 69.7 Å². The average molecular weight is 342 g/mol. The number of anilines is 1. The van der Waals surface area contributed by atoms with Gasteiger partial charge in [-0.2, -0.15) is 0 Å². The van der Waals surface area contributed by atoms with Gasteiger partial charge in [0.2, 0.25) is 0 Å². The van der Waals surface area contributed by atoms with Gasteiger partial charge >= 0.3 is 0 Å². The quantitative estimate of drug-likeness (QED) is 0.786. The van der Waals surface area contributed by atoms with Gasteiger partial charge < -0.3 is 19.7 Å². The molecule has 0 aliphatic rings. The van der Waals surface area contributed by atoms with Crippen molar-refractivity contribution in [3.63, 3.8) is 0 Å². The molecule has 0 heterocycles. The minimum absolute atomic E-state index is 0.0882. The van der Waals surface area contributed by atoms with Crippen molar-refractivity contribution in [3.05, 3.63) is 59.7 Å². The van der Waals surface area contributed by atoms with Gasteiger partial charge in [0.05, 0.1) is 12.2 Å². The molecule has 0 aliphatic carbocycles. The molecular formula is C19H22N2O4. The summed E-state index contributed by atoms with van der Waals surface area (Å²) in [5.74, 6) is 0.130. The van der Waals surface area contributed by atoms with E-state index in [2.05, 4.69) is 5.32 Å². The van der Waals surface area contributed by atoms with Gasteiger partial charge in [0.25, 0.3) is 11.8 Å². The molecule has 132 valence electrons. The maximum absolute atomic E-state index is 12.5. The van der Waals surface area contributed by atoms with Crippen molar-refractivity contribution in [3.8, 4) is 5.75 Å². The fourth-order valence-corrected chi connectivity index (χ4v) is 2.17. The highest BCUT2D eigenvalue weighted by Gasteiger charge is 2.13. The first-order chi connectivity index (χ1) is 12.0. The van der Waals surface area contributed by atoms with Gasteiger partial charge in [0.15, 0.2) is 0 Å². The van der Waals surface area contributed by atoms with E-state index >= 15 is 0 Å². The Labute approximate surface area is 147 Å². The van der Waals surface area contributed by atoms with Gasteiger partial charge in [-0.15, -0.1) is 0 Å². The second kappa shape index (κ2) is 8.84. The Morgan fingerprint density at radius 3 is 2.32 bits per heavy atom. The molecule has 0 unspecified atom stereocenters. The number of rotatable bonds is 7. The number of hydrogen-bond acceptors (Lipinski definition) is 4. The predicted octanol–water partition coefficient (Wildman–Crippen LogP) is 2.67. The SMILES string of the molecule is COCCOc1ccccc1C(=O)Nc1ccc(C(=O)N(C)C)cc1. The molecule has 0 saturated heterocycles. The number of benzene rings is 2. The average Bonchev–Trinajstić information content (AvgIpc) is 2.62. The van der Waals surface area contributed by atoms with Crippen LogP contribution in [0.2, 0.25) is 0 Å². The van der Waals surface area contributed by atoms with Crippen LogP contribution in [0.3, 0.4) is 0 Å². The summed E-state index contributed by atoms with van der Waals surface area (Å²) < 4.78 is 10.5. The molecule has 0 radical (unpaired) electrons. The molecule has 6 heteroatoms. The van der Waals surface area contributed by atoms with Crippen LogP contribution in [0.4, 0.5) is 5.69 Å². The Balaban J connectivity index is 2.08. The van der Waals surface area contributed by atoms with E-state index < -0.39 is 0 Å². The van der Waals surface area contributed by atoms with Crippen LogP contribution < -0.4 is 10.1 Å². The van der Waals surface area contributed by atoms with Crippen LogP contribution >= 0.6 is 0 Å². The molecule has 0 spiro atoms. The van der Waals surface area contributed by atoms with Crippen LogP contribution in [0.1, 0.15) is 20.7 Å². The highest BCUT2D eigenvalue weighted by atomic mass is 16.5. The lowest BCUT2D eigenvalue weighted by molar-refractivity contribution is 0.0827. The molecule has 1 N–H and O–H groups in total. The first kappa shape index (κ1) is 18.5. The number of carbonyl (C=O) groups is 2. The Hall–Kier alpha value is -2.86. The third-order valence-corrected chi connectivity index (χ3v) is 3.47. The summed E-state index contributed by atoms with van der Waals surface area (Å²) in [6.07, 6.45) is 0. The zero-order valence-electron chi connectivity index (χ0n) is 14.6. The molecule has 6 nitrogen and oxygen atoms in total. The molecule has 0 atom stereocenters. The number of nitrogens with one attached hydrogen (secondary N) is 1. The number of methoxy groups -OCH3 is 1. The van der Waals surface area contributed by atoms with E-state index in [9.17, 15) is 9.59 Å². The van der Waals surface area contributed by atoms with E-state index in [0.29, 0.717) is 35.8 Å². The number of ether oxygens (including phenoxy) is 2. The molecule has 2 aromatic carbocycles. The second-order valence-corrected chi connectivity index (χ2v) is 5.57. The van der Waals surface area contributed by atoms with Crippen molar-refractivity contribution in [2.75, 3.05) is 39.7 Å². The maximum Gasteiger partial charge on any atom is 0.259 e. The van der Waals surface area contributed by atoms with Crippen molar-refractivity contribution in [2.24, 2.45) is 0 Å². The highest BCUT2D eigenvalue weighted by Crippen LogP contribution is 2.20. The van der Waals surface area contributed by atoms with Gasteiger partial charge in [-0.05, 0) is 36.4 Å². The molecule has 2 rings (SSSR count). The molecule has 0 saturated carbocycles. The van der Waals surface area contributed by atoms with Gasteiger partial charge in [-0.1, -0.05) is 12.1 Å². The maximum atomic E-state index is 12.5. The van der Waals surface area contributed by atoms with Crippen LogP contribution in [-0.4, -0.2) is 51.1 Å². The van der Waals surface area contributed by atoms with E-state index in [1.165, 1.54) is 4.90 Å². The molecule has 25 heavy (non-hydrogen) atoms. The smallest absolute Gasteiger partial charge is 0.259 e. The summed E-state index contributed by atoms with van der Waals surface area (Å²) in [6.45, 7) is 0.805. The van der Waals surface area contributed by atoms with Crippen LogP contribution in [0.25, 0.3) is 0 Å². The number of hydrogen-bond donors (Lipinski definition) is 1. The van der Waals surface area contributed by atoms with Crippen LogP contribution in [0.5, 0.6) is 5.75 Å². The van der Waals surface area contributed by atoms with E-state index in [4.69, 9.17) is 9.47 Å². The minimum atomic E-state index is -0.278. The number of para-hydroxylation sites is 1. The molecular weight excluding hydrogens is 320 g/mol. The van der Waals surface area contributed by atoms with E-state index in [1.807, 2.05) is 0 Å². The largest absolute Gasteiger partial charge is 0.490 e. The van der Waals surface area contributed by atoms with Gasteiger partial charge in [0.1, 0.15) is 12.4 Å². The zero-order valence-corrected chi connectivity index (χ0v) is 14.6. The fraction of sp³-hybridized carbons (Fsp3) is 0.263. The second-order valence-electron chi connectivity index (χ2n) is 5.57. The Morgan fingerprint density at radius 2 is 1.68 bits per heavy atom. The lowest BCUT2D eigenvalue weighted by atomic mass is 10.1. The molecule has 2 aromatic rings. The van der Waals surface area contributed by atoms with Crippen molar-refractivity contribution in [1.82, 2.24) is 4.90 Å². The Kier molecular flexibility index (Phi) is 6.54. The number of amides is 2. The first-order valence-electron chi connectivity index (χ1n) is 7.86. The number of nitrogens with zero attached hydrogens (tertiary/aromatic N) is 1. The molecule has 0 aliphatic heterocycles. The van der Waals surface area contributed by atoms with Gasteiger partial charge in [-0.25, -0.2) is 0 Å². The van der Waals surface area contributed by atoms with Crippen molar-refractivity contribution in [2.45, 2.75) is 0 Å². The molecule has 0 bridgehead atoms. The summed E-state index contributed by atoms with van der Waals surface area (Å²) in [5, 5.41) is 2.81. The van der Waals surface area contributed by atoms with Crippen LogP contribution in [0.15, 0.2) is 48.5 Å². The Morgan fingerprint density at radius 1 is 1.00 bits per heavy atom. The van der Waals surface area contributed by atoms with Crippen molar-refractivity contribution < 1.29 is 19.1 Å². The predicted molar refractivity (Wildman–Crippen MR) is 96.2 cm³/mol. The lowest BCUT2D eigenvalue weighted by Gasteiger charge is -2.12. The highest BCUT2D eigenvalue weighted by molar-refractivity contribution is 6.06. The lowest BCUT2D eigenvalue weighted by Crippen LogP contribution is -2.21. The first-order valence-corrected chi connectivity index (χ1v) is 7.86. The van der Waals surface area contributed by atoms with Crippen LogP contribution in [0, 0.1) is 0 Å². The van der Waals surface area contributed by atoms with Crippen LogP contribution in [-0.2, 0) is 4.74 Å². The summed E-state index contributed by atoms with van der Waals surface area (Å²) in [5.41, 5.74) is 1.60. The molecule has 2 amide bonds. The van der Waals surface area contributed by atoms with Crippen molar-refractivity contribution >= 4 is 17.5 Å². The number of carbonyl (C=O) groups excluding carboxylic acids is 2. The summed E-state index contributed by atoms with van der Waals surface area (Å²) in [7, 11) is 4.98. The topological polar surface area (TPSA) is 67.9 Å². The summed E-state index contributed by atoms with van der Waals surface area (Å²) >= 11 is 0. The third kappa shape index (κ3) is 5.06. The monoisotopic (exact) mass is 342 g/mol. The third-order valence-electron chi connectivity index (χ3n) is 3.47. The van der Waals surface area contributed by atoms with E-state index in [0.717, 1.165) is 0 Å². The van der Waals surface area contributed by atoms with E-state index in [-0.39, 0.29) is 11.8 Å². The molecule has 0 aromatic heterocycles. The summed E-state index contributed by atoms with van der Waals surface area (Å²) in [4.78, 5) is 25.9. The zero-order chi connectivity index (χ0) is 18.2. The molecule has 0 fully saturated rings. The minimum Gasteiger partial charge on any atom is -0.490 e. The van der Waals surface area contributed by atoms with Gasteiger partial charge in [-0.3, -0.25) is 9.59 Å². The summed E-state index contributed by atoms with van der Waals surface area (Å²) in [6, 6.07) is 13.8. The van der Waals surface area contributed by atoms with Crippen molar-refractivity contribution in [1.29, 1.82) is 0 Å². The fourth-order valence-electron chi connectivity index (χ4n) is 2.17. The Bertz CT molecular complexity index is 726. The standard InChI is InChI=1S/C19H22N2O4/c1-21(2)19(23)14-8-10-15(11-9-14)20-18(22)16-6-4-5-7-17(16)25-13-12-24-3/h4-11H,12-13H2,1-3H3,(H,20,22).